The van der Waals surface area contributed by atoms with Crippen LogP contribution in [0.15, 0.2) is 47.9 Å². The van der Waals surface area contributed by atoms with Crippen molar-refractivity contribution in [2.24, 2.45) is 0 Å². The molecule has 1 heterocycles. The topological polar surface area (TPSA) is 70.6 Å². The maximum absolute atomic E-state index is 12.9. The van der Waals surface area contributed by atoms with E-state index >= 15 is 0 Å². The van der Waals surface area contributed by atoms with Gasteiger partial charge in [-0.2, -0.15) is 4.31 Å². The third-order valence-electron chi connectivity index (χ3n) is 4.49. The zero-order chi connectivity index (χ0) is 19.4. The van der Waals surface area contributed by atoms with Crippen molar-refractivity contribution in [3.8, 4) is 0 Å². The van der Waals surface area contributed by atoms with Crippen LogP contribution in [0, 0.1) is 0 Å². The molecule has 1 amide bonds. The maximum Gasteiger partial charge on any atom is 0.244 e. The van der Waals surface area contributed by atoms with E-state index in [0.717, 1.165) is 35.7 Å². The molecule has 1 aliphatic carbocycles. The largest absolute Gasteiger partial charge is 0.283 e. The number of nitrogens with zero attached hydrogens (tertiary/aromatic N) is 3. The van der Waals surface area contributed by atoms with Crippen LogP contribution in [0.5, 0.6) is 0 Å². The molecule has 1 aromatic heterocycles. The molecule has 1 aliphatic rings. The number of thiazole rings is 1. The lowest BCUT2D eigenvalue weighted by Gasteiger charge is -2.22. The van der Waals surface area contributed by atoms with Gasteiger partial charge in [-0.05, 0) is 37.8 Å². The molecule has 0 aliphatic heterocycles. The number of hydrogen-bond donors (Lipinski definition) is 0. The SMILES string of the molecule is C=CCN(C(=O)CN(C)S(=O)(=O)c1ccccc1)c1nc2c(s1)CCCC2. The quantitative estimate of drug-likeness (QED) is 0.664. The van der Waals surface area contributed by atoms with Crippen molar-refractivity contribution in [3.63, 3.8) is 0 Å². The van der Waals surface area contributed by atoms with Crippen LogP contribution in [-0.4, -0.2) is 43.8 Å². The second-order valence-electron chi connectivity index (χ2n) is 6.44. The fraction of sp³-hybridized carbons (Fsp3) is 0.368. The highest BCUT2D eigenvalue weighted by Crippen LogP contribution is 2.32. The van der Waals surface area contributed by atoms with E-state index in [-0.39, 0.29) is 17.3 Å². The molecule has 0 saturated carbocycles. The number of fused-ring (bicyclic) bond motifs is 1. The van der Waals surface area contributed by atoms with Crippen LogP contribution >= 0.6 is 11.3 Å². The molecule has 2 aromatic rings. The fourth-order valence-corrected chi connectivity index (χ4v) is 5.32. The number of anilines is 1. The van der Waals surface area contributed by atoms with E-state index in [9.17, 15) is 13.2 Å². The minimum absolute atomic E-state index is 0.167. The highest BCUT2D eigenvalue weighted by Gasteiger charge is 2.27. The van der Waals surface area contributed by atoms with E-state index in [2.05, 4.69) is 11.6 Å². The van der Waals surface area contributed by atoms with E-state index in [4.69, 9.17) is 0 Å². The second kappa shape index (κ2) is 8.33. The summed E-state index contributed by atoms with van der Waals surface area (Å²) in [6.45, 7) is 3.76. The first kappa shape index (κ1) is 19.7. The molecule has 0 radical (unpaired) electrons. The van der Waals surface area contributed by atoms with E-state index in [0.29, 0.717) is 11.7 Å². The van der Waals surface area contributed by atoms with Gasteiger partial charge in [-0.15, -0.1) is 17.9 Å². The Morgan fingerprint density at radius 1 is 1.26 bits per heavy atom. The van der Waals surface area contributed by atoms with Crippen LogP contribution < -0.4 is 4.90 Å². The second-order valence-corrected chi connectivity index (χ2v) is 9.55. The Morgan fingerprint density at radius 3 is 2.63 bits per heavy atom. The summed E-state index contributed by atoms with van der Waals surface area (Å²) in [6.07, 6.45) is 5.81. The minimum Gasteiger partial charge on any atom is -0.283 e. The van der Waals surface area contributed by atoms with Crippen molar-refractivity contribution in [1.29, 1.82) is 0 Å². The molecule has 0 fully saturated rings. The molecule has 27 heavy (non-hydrogen) atoms. The van der Waals surface area contributed by atoms with Gasteiger partial charge in [0.1, 0.15) is 0 Å². The molecule has 1 aromatic carbocycles. The highest BCUT2D eigenvalue weighted by atomic mass is 32.2. The summed E-state index contributed by atoms with van der Waals surface area (Å²) < 4.78 is 26.4. The molecular weight excluding hydrogens is 382 g/mol. The summed E-state index contributed by atoms with van der Waals surface area (Å²) in [5, 5.41) is 0.623. The predicted octanol–water partition coefficient (Wildman–Crippen LogP) is 2.86. The van der Waals surface area contributed by atoms with Gasteiger partial charge in [0.15, 0.2) is 5.13 Å². The van der Waals surface area contributed by atoms with E-state index in [1.165, 1.54) is 40.3 Å². The number of carbonyl (C=O) groups is 1. The monoisotopic (exact) mass is 405 g/mol. The first-order chi connectivity index (χ1) is 12.9. The van der Waals surface area contributed by atoms with Gasteiger partial charge in [-0.3, -0.25) is 9.69 Å². The molecule has 0 atom stereocenters. The molecule has 0 N–H and O–H groups in total. The average molecular weight is 406 g/mol. The number of aromatic nitrogens is 1. The van der Waals surface area contributed by atoms with Gasteiger partial charge in [0.25, 0.3) is 0 Å². The van der Waals surface area contributed by atoms with Gasteiger partial charge in [-0.25, -0.2) is 13.4 Å². The minimum atomic E-state index is -3.72. The summed E-state index contributed by atoms with van der Waals surface area (Å²) >= 11 is 1.52. The smallest absolute Gasteiger partial charge is 0.244 e. The number of rotatable bonds is 7. The van der Waals surface area contributed by atoms with Crippen LogP contribution in [0.1, 0.15) is 23.4 Å². The molecule has 8 heteroatoms. The van der Waals surface area contributed by atoms with Crippen molar-refractivity contribution < 1.29 is 13.2 Å². The van der Waals surface area contributed by atoms with Gasteiger partial charge in [0.2, 0.25) is 15.9 Å². The number of carbonyl (C=O) groups excluding carboxylic acids is 1. The lowest BCUT2D eigenvalue weighted by atomic mass is 10.0. The molecular formula is C19H23N3O3S2. The normalized spacial score (nSPS) is 14.0. The van der Waals surface area contributed by atoms with Crippen molar-refractivity contribution >= 4 is 32.4 Å². The van der Waals surface area contributed by atoms with Crippen LogP contribution in [0.25, 0.3) is 0 Å². The number of sulfonamides is 1. The van der Waals surface area contributed by atoms with Crippen molar-refractivity contribution in [2.75, 3.05) is 25.0 Å². The van der Waals surface area contributed by atoms with Crippen molar-refractivity contribution in [2.45, 2.75) is 30.6 Å². The summed E-state index contributed by atoms with van der Waals surface area (Å²) in [7, 11) is -2.31. The van der Waals surface area contributed by atoms with Crippen LogP contribution in [0.3, 0.4) is 0 Å². The van der Waals surface area contributed by atoms with E-state index in [1.807, 2.05) is 0 Å². The summed E-state index contributed by atoms with van der Waals surface area (Å²) in [5.74, 6) is -0.317. The summed E-state index contributed by atoms with van der Waals surface area (Å²) in [6, 6.07) is 8.11. The molecule has 0 saturated heterocycles. The van der Waals surface area contributed by atoms with Crippen LogP contribution in [0.2, 0.25) is 0 Å². The number of aryl methyl sites for hydroxylation is 2. The van der Waals surface area contributed by atoms with Gasteiger partial charge in [-0.1, -0.05) is 24.3 Å². The van der Waals surface area contributed by atoms with Crippen molar-refractivity contribution in [1.82, 2.24) is 9.29 Å². The summed E-state index contributed by atoms with van der Waals surface area (Å²) in [4.78, 5) is 20.4. The van der Waals surface area contributed by atoms with E-state index < -0.39 is 10.0 Å². The van der Waals surface area contributed by atoms with Crippen LogP contribution in [0.4, 0.5) is 5.13 Å². The number of amides is 1. The maximum atomic E-state index is 12.9. The number of benzene rings is 1. The Morgan fingerprint density at radius 2 is 1.96 bits per heavy atom. The Kier molecular flexibility index (Phi) is 6.08. The molecule has 6 nitrogen and oxygen atoms in total. The van der Waals surface area contributed by atoms with Crippen LogP contribution in [-0.2, 0) is 27.7 Å². The Balaban J connectivity index is 1.79. The zero-order valence-electron chi connectivity index (χ0n) is 15.3. The molecule has 0 spiro atoms. The fourth-order valence-electron chi connectivity index (χ4n) is 3.00. The molecule has 3 rings (SSSR count). The standard InChI is InChI=1S/C19H23N3O3S2/c1-3-13-22(19-20-16-11-7-8-12-17(16)26-19)18(23)14-21(2)27(24,25)15-9-5-4-6-10-15/h3-6,9-10H,1,7-8,11-14H2,2H3. The summed E-state index contributed by atoms with van der Waals surface area (Å²) in [5.41, 5.74) is 1.06. The van der Waals surface area contributed by atoms with Gasteiger partial charge in [0.05, 0.1) is 17.1 Å². The molecule has 0 bridgehead atoms. The Bertz CT molecular complexity index is 899. The molecule has 0 unspecified atom stereocenters. The highest BCUT2D eigenvalue weighted by molar-refractivity contribution is 7.89. The van der Waals surface area contributed by atoms with Gasteiger partial charge < -0.3 is 0 Å². The lowest BCUT2D eigenvalue weighted by molar-refractivity contribution is -0.118. The average Bonchev–Trinajstić information content (AvgIpc) is 3.10. The Hall–Kier alpha value is -2.03. The Labute approximate surface area is 164 Å². The van der Waals surface area contributed by atoms with E-state index in [1.54, 1.807) is 24.3 Å². The predicted molar refractivity (Wildman–Crippen MR) is 108 cm³/mol. The van der Waals surface area contributed by atoms with Crippen molar-refractivity contribution in [3.05, 3.63) is 53.6 Å². The number of likely N-dealkylation sites (N-methyl/N-ethyl adjacent to an activating group) is 1. The number of hydrogen-bond acceptors (Lipinski definition) is 5. The third-order valence-corrected chi connectivity index (χ3v) is 7.49. The van der Waals surface area contributed by atoms with Gasteiger partial charge in [0, 0.05) is 18.5 Å². The zero-order valence-corrected chi connectivity index (χ0v) is 16.9. The molecule has 144 valence electrons. The lowest BCUT2D eigenvalue weighted by Crippen LogP contribution is -2.41. The third kappa shape index (κ3) is 4.28. The first-order valence-electron chi connectivity index (χ1n) is 8.84. The van der Waals surface area contributed by atoms with Gasteiger partial charge >= 0.3 is 0 Å². The first-order valence-corrected chi connectivity index (χ1v) is 11.1.